The molecule has 0 saturated carbocycles. The number of methoxy groups -OCH3 is 1. The third-order valence-electron chi connectivity index (χ3n) is 5.75. The van der Waals surface area contributed by atoms with E-state index in [1.165, 1.54) is 12.1 Å². The Hall–Kier alpha value is -2.94. The third kappa shape index (κ3) is 5.35. The number of nitrogens with zero attached hydrogens (tertiary/aromatic N) is 2. The fourth-order valence-electron chi connectivity index (χ4n) is 4.38. The van der Waals surface area contributed by atoms with Crippen molar-refractivity contribution < 1.29 is 17.9 Å². The number of likely N-dealkylation sites (N-methyl/N-ethyl adjacent to an activating group) is 1. The van der Waals surface area contributed by atoms with Gasteiger partial charge in [0.05, 0.1) is 18.6 Å². The van der Waals surface area contributed by atoms with Gasteiger partial charge >= 0.3 is 0 Å². The van der Waals surface area contributed by atoms with Gasteiger partial charge in [0.25, 0.3) is 0 Å². The summed E-state index contributed by atoms with van der Waals surface area (Å²) in [6.07, 6.45) is 0. The van der Waals surface area contributed by atoms with Crippen LogP contribution in [0, 0.1) is 27.7 Å². The lowest BCUT2D eigenvalue weighted by Crippen LogP contribution is -2.26. The highest BCUT2D eigenvalue weighted by Crippen LogP contribution is 2.25. The maximum atomic E-state index is 13.1. The number of benzene rings is 2. The van der Waals surface area contributed by atoms with Crippen molar-refractivity contribution in [3.8, 4) is 11.4 Å². The van der Waals surface area contributed by atoms with Crippen LogP contribution in [0.15, 0.2) is 47.4 Å². The molecule has 2 aromatic carbocycles. The lowest BCUT2D eigenvalue weighted by Gasteiger charge is -2.18. The lowest BCUT2D eigenvalue weighted by atomic mass is 10.0. The van der Waals surface area contributed by atoms with Gasteiger partial charge in [0.2, 0.25) is 10.0 Å². The molecule has 0 aliphatic carbocycles. The minimum Gasteiger partial charge on any atom is -0.496 e. The number of carbonyl (C=O) groups is 1. The number of rotatable bonds is 8. The van der Waals surface area contributed by atoms with Gasteiger partial charge < -0.3 is 9.30 Å². The number of Topliss-reactive ketones (excluding diaryl/α,β-unsaturated/α-hetero) is 1. The first-order valence-electron chi connectivity index (χ1n) is 10.6. The van der Waals surface area contributed by atoms with Crippen LogP contribution in [-0.4, -0.2) is 44.4 Å². The van der Waals surface area contributed by atoms with E-state index in [4.69, 9.17) is 9.88 Å². The molecule has 0 atom stereocenters. The van der Waals surface area contributed by atoms with Crippen molar-refractivity contribution in [2.24, 2.45) is 5.14 Å². The van der Waals surface area contributed by atoms with Crippen molar-refractivity contribution in [1.29, 1.82) is 0 Å². The van der Waals surface area contributed by atoms with Gasteiger partial charge in [0.1, 0.15) is 5.75 Å². The fraction of sp³-hybridized carbons (Fsp3) is 0.320. The summed E-state index contributed by atoms with van der Waals surface area (Å²) in [6, 6.07) is 12.4. The highest BCUT2D eigenvalue weighted by Gasteiger charge is 2.19. The van der Waals surface area contributed by atoms with Crippen LogP contribution in [-0.2, 0) is 16.6 Å². The molecule has 8 heteroatoms. The highest BCUT2D eigenvalue weighted by atomic mass is 32.2. The van der Waals surface area contributed by atoms with E-state index < -0.39 is 10.0 Å². The van der Waals surface area contributed by atoms with E-state index in [1.54, 1.807) is 19.2 Å². The molecule has 2 N–H and O–H groups in total. The van der Waals surface area contributed by atoms with E-state index >= 15 is 0 Å². The van der Waals surface area contributed by atoms with Gasteiger partial charge in [-0.05, 0) is 81.8 Å². The average Bonchev–Trinajstić information content (AvgIpc) is 3.01. The first-order valence-corrected chi connectivity index (χ1v) is 12.1. The van der Waals surface area contributed by atoms with Gasteiger partial charge in [0, 0.05) is 29.2 Å². The van der Waals surface area contributed by atoms with Crippen LogP contribution in [0.5, 0.6) is 5.75 Å². The molecule has 0 radical (unpaired) electrons. The summed E-state index contributed by atoms with van der Waals surface area (Å²) in [4.78, 5) is 15.2. The Kier molecular flexibility index (Phi) is 7.11. The Morgan fingerprint density at radius 1 is 1.03 bits per heavy atom. The number of aryl methyl sites for hydroxylation is 3. The van der Waals surface area contributed by atoms with Crippen molar-refractivity contribution in [3.05, 3.63) is 76.1 Å². The lowest BCUT2D eigenvalue weighted by molar-refractivity contribution is 0.0942. The number of primary sulfonamides is 1. The predicted octanol–water partition coefficient (Wildman–Crippen LogP) is 3.68. The zero-order valence-electron chi connectivity index (χ0n) is 20.0. The largest absolute Gasteiger partial charge is 0.496 e. The Morgan fingerprint density at radius 2 is 1.61 bits per heavy atom. The third-order valence-corrected chi connectivity index (χ3v) is 6.67. The molecule has 0 spiro atoms. The SMILES string of the molecule is COc1c(C)cc(CN(C)CC(=O)c2cc(C)n(-c3ccc(S(N)(=O)=O)cc3)c2C)cc1C. The Labute approximate surface area is 195 Å². The van der Waals surface area contributed by atoms with Gasteiger partial charge in [-0.1, -0.05) is 12.1 Å². The van der Waals surface area contributed by atoms with E-state index in [2.05, 4.69) is 12.1 Å². The number of carbonyl (C=O) groups excluding carboxylic acids is 1. The van der Waals surface area contributed by atoms with Crippen LogP contribution in [0.25, 0.3) is 5.69 Å². The molecule has 7 nitrogen and oxygen atoms in total. The maximum Gasteiger partial charge on any atom is 0.238 e. The Bertz CT molecular complexity index is 1270. The summed E-state index contributed by atoms with van der Waals surface area (Å²) in [7, 11) is -0.155. The van der Waals surface area contributed by atoms with Crippen molar-refractivity contribution in [2.45, 2.75) is 39.1 Å². The molecule has 33 heavy (non-hydrogen) atoms. The quantitative estimate of drug-likeness (QED) is 0.508. The van der Waals surface area contributed by atoms with Crippen LogP contribution in [0.1, 0.15) is 38.4 Å². The second kappa shape index (κ2) is 9.51. The number of aromatic nitrogens is 1. The molecule has 0 aliphatic rings. The van der Waals surface area contributed by atoms with E-state index in [1.807, 2.05) is 50.3 Å². The van der Waals surface area contributed by atoms with Gasteiger partial charge in [-0.15, -0.1) is 0 Å². The molecule has 0 aliphatic heterocycles. The Balaban J connectivity index is 1.78. The second-order valence-corrected chi connectivity index (χ2v) is 10.1. The maximum absolute atomic E-state index is 13.1. The van der Waals surface area contributed by atoms with Crippen molar-refractivity contribution in [3.63, 3.8) is 0 Å². The molecule has 0 bridgehead atoms. The summed E-state index contributed by atoms with van der Waals surface area (Å²) in [5.41, 5.74) is 6.40. The summed E-state index contributed by atoms with van der Waals surface area (Å²) in [5, 5.41) is 5.19. The molecular formula is C25H31N3O4S. The summed E-state index contributed by atoms with van der Waals surface area (Å²) >= 11 is 0. The molecule has 1 heterocycles. The highest BCUT2D eigenvalue weighted by molar-refractivity contribution is 7.89. The van der Waals surface area contributed by atoms with Gasteiger partial charge in [-0.3, -0.25) is 9.69 Å². The number of nitrogens with two attached hydrogens (primary N) is 1. The first-order chi connectivity index (χ1) is 15.4. The van der Waals surface area contributed by atoms with Gasteiger partial charge in [0.15, 0.2) is 5.78 Å². The molecule has 0 fully saturated rings. The van der Waals surface area contributed by atoms with E-state index in [9.17, 15) is 13.2 Å². The number of hydrogen-bond donors (Lipinski definition) is 1. The van der Waals surface area contributed by atoms with Gasteiger partial charge in [-0.2, -0.15) is 0 Å². The topological polar surface area (TPSA) is 94.6 Å². The second-order valence-electron chi connectivity index (χ2n) is 8.52. The van der Waals surface area contributed by atoms with E-state index in [0.29, 0.717) is 12.1 Å². The van der Waals surface area contributed by atoms with Crippen LogP contribution < -0.4 is 9.88 Å². The number of sulfonamides is 1. The monoisotopic (exact) mass is 469 g/mol. The smallest absolute Gasteiger partial charge is 0.238 e. The number of ketones is 1. The van der Waals surface area contributed by atoms with Gasteiger partial charge in [-0.25, -0.2) is 13.6 Å². The molecule has 176 valence electrons. The van der Waals surface area contributed by atoms with Crippen molar-refractivity contribution in [2.75, 3.05) is 20.7 Å². The van der Waals surface area contributed by atoms with E-state index in [-0.39, 0.29) is 17.2 Å². The zero-order chi connectivity index (χ0) is 24.5. The standard InChI is InChI=1S/C25H31N3O4S/c1-16-11-20(12-17(2)25(16)32-6)14-27(5)15-24(29)23-13-18(3)28(19(23)4)21-7-9-22(10-8-21)33(26,30)31/h7-13H,14-15H2,1-6H3,(H2,26,30,31). The van der Waals surface area contributed by atoms with Crippen LogP contribution >= 0.6 is 0 Å². The van der Waals surface area contributed by atoms with Crippen molar-refractivity contribution >= 4 is 15.8 Å². The van der Waals surface area contributed by atoms with Crippen molar-refractivity contribution in [1.82, 2.24) is 9.47 Å². The van der Waals surface area contributed by atoms with E-state index in [0.717, 1.165) is 39.5 Å². The predicted molar refractivity (Wildman–Crippen MR) is 130 cm³/mol. The molecule has 1 aromatic heterocycles. The average molecular weight is 470 g/mol. The first kappa shape index (κ1) is 24.7. The fourth-order valence-corrected chi connectivity index (χ4v) is 4.89. The molecular weight excluding hydrogens is 438 g/mol. The van der Waals surface area contributed by atoms with Crippen LogP contribution in [0.3, 0.4) is 0 Å². The normalized spacial score (nSPS) is 11.8. The molecule has 0 saturated heterocycles. The number of ether oxygens (including phenoxy) is 1. The van der Waals surface area contributed by atoms with Crippen LogP contribution in [0.2, 0.25) is 0 Å². The summed E-state index contributed by atoms with van der Waals surface area (Å²) in [6.45, 7) is 8.77. The minimum atomic E-state index is -3.75. The Morgan fingerprint density at radius 3 is 2.12 bits per heavy atom. The summed E-state index contributed by atoms with van der Waals surface area (Å²) in [5.74, 6) is 0.918. The molecule has 0 amide bonds. The molecule has 0 unspecified atom stereocenters. The van der Waals surface area contributed by atoms with Crippen LogP contribution in [0.4, 0.5) is 0 Å². The number of hydrogen-bond acceptors (Lipinski definition) is 5. The summed E-state index contributed by atoms with van der Waals surface area (Å²) < 4.78 is 30.4. The molecule has 3 rings (SSSR count). The molecule has 3 aromatic rings. The minimum absolute atomic E-state index is 0.0277. The zero-order valence-corrected chi connectivity index (χ0v) is 20.8.